The van der Waals surface area contributed by atoms with Gasteiger partial charge in [0, 0.05) is 17.2 Å². The number of halogens is 2. The van der Waals surface area contributed by atoms with Gasteiger partial charge >= 0.3 is 0 Å². The van der Waals surface area contributed by atoms with Crippen LogP contribution in [0.5, 0.6) is 5.88 Å². The Morgan fingerprint density at radius 2 is 1.73 bits per heavy atom. The number of pyridine rings is 1. The number of fused-ring (bicyclic) bond motifs is 4. The second kappa shape index (κ2) is 12.1. The van der Waals surface area contributed by atoms with Gasteiger partial charge in [0.1, 0.15) is 17.6 Å². The molecule has 0 aliphatic carbocycles. The number of nitrogens with zero attached hydrogens (tertiary/aromatic N) is 4. The number of hydrogen-bond acceptors (Lipinski definition) is 7. The van der Waals surface area contributed by atoms with Crippen LogP contribution < -0.4 is 9.46 Å². The van der Waals surface area contributed by atoms with Crippen LogP contribution in [0.15, 0.2) is 65.6 Å². The lowest BCUT2D eigenvalue weighted by atomic mass is 9.87. The molecule has 230 valence electrons. The minimum absolute atomic E-state index is 0.0267. The first-order valence-electron chi connectivity index (χ1n) is 14.0. The molecular weight excluding hydrogens is 605 g/mol. The fourth-order valence-electron chi connectivity index (χ4n) is 5.28. The van der Waals surface area contributed by atoms with Gasteiger partial charge < -0.3 is 9.64 Å². The van der Waals surface area contributed by atoms with Crippen LogP contribution in [0.25, 0.3) is 11.3 Å². The largest absolute Gasteiger partial charge is 0.475 e. The van der Waals surface area contributed by atoms with E-state index in [2.05, 4.69) is 19.7 Å². The fourth-order valence-corrected chi connectivity index (χ4v) is 6.43. The van der Waals surface area contributed by atoms with Crippen molar-refractivity contribution in [2.45, 2.75) is 58.5 Å². The molecule has 5 rings (SSSR count). The molecule has 0 spiro atoms. The van der Waals surface area contributed by atoms with Crippen molar-refractivity contribution in [3.8, 4) is 17.1 Å². The van der Waals surface area contributed by atoms with E-state index in [1.807, 2.05) is 52.8 Å². The summed E-state index contributed by atoms with van der Waals surface area (Å²) in [5.74, 6) is -1.21. The Balaban J connectivity index is 1.70. The van der Waals surface area contributed by atoms with Crippen molar-refractivity contribution in [2.75, 3.05) is 11.3 Å². The number of sulfonamides is 1. The highest BCUT2D eigenvalue weighted by molar-refractivity contribution is 7.92. The van der Waals surface area contributed by atoms with Crippen LogP contribution >= 0.6 is 11.6 Å². The molecule has 1 aliphatic heterocycles. The van der Waals surface area contributed by atoms with Crippen molar-refractivity contribution in [1.29, 1.82) is 0 Å². The van der Waals surface area contributed by atoms with Crippen LogP contribution in [0, 0.1) is 25.1 Å². The molecule has 1 aliphatic rings. The van der Waals surface area contributed by atoms with Crippen molar-refractivity contribution in [2.24, 2.45) is 5.41 Å². The van der Waals surface area contributed by atoms with Crippen molar-refractivity contribution in [3.63, 3.8) is 0 Å². The highest BCUT2D eigenvalue weighted by Gasteiger charge is 2.32. The predicted molar refractivity (Wildman–Crippen MR) is 167 cm³/mol. The summed E-state index contributed by atoms with van der Waals surface area (Å²) in [5.41, 5.74) is 2.95. The van der Waals surface area contributed by atoms with Crippen LogP contribution in [0.3, 0.4) is 0 Å². The van der Waals surface area contributed by atoms with Gasteiger partial charge in [-0.1, -0.05) is 56.6 Å². The molecule has 0 unspecified atom stereocenters. The Labute approximate surface area is 261 Å². The number of aromatic nitrogens is 3. The Morgan fingerprint density at radius 3 is 2.43 bits per heavy atom. The molecule has 12 heteroatoms. The molecule has 0 saturated heterocycles. The van der Waals surface area contributed by atoms with E-state index in [0.29, 0.717) is 12.1 Å². The first-order chi connectivity index (χ1) is 20.7. The van der Waals surface area contributed by atoms with Crippen LogP contribution in [0.1, 0.15) is 54.4 Å². The minimum atomic E-state index is -4.22. The number of anilines is 1. The van der Waals surface area contributed by atoms with Gasteiger partial charge in [-0.15, -0.1) is 0 Å². The quantitative estimate of drug-likeness (QED) is 0.251. The smallest absolute Gasteiger partial charge is 0.264 e. The summed E-state index contributed by atoms with van der Waals surface area (Å²) in [7, 11) is -4.22. The highest BCUT2D eigenvalue weighted by atomic mass is 35.5. The third kappa shape index (κ3) is 7.00. The summed E-state index contributed by atoms with van der Waals surface area (Å²) in [6.45, 7) is 9.69. The molecule has 44 heavy (non-hydrogen) atoms. The number of ether oxygens (including phenoxy) is 1. The Hall–Kier alpha value is -4.09. The van der Waals surface area contributed by atoms with E-state index < -0.39 is 27.8 Å². The second-order valence-electron chi connectivity index (χ2n) is 12.0. The average molecular weight is 638 g/mol. The molecule has 1 amide bonds. The zero-order chi connectivity index (χ0) is 31.8. The van der Waals surface area contributed by atoms with E-state index in [0.717, 1.165) is 16.7 Å². The van der Waals surface area contributed by atoms with Crippen LogP contribution in [0.4, 0.5) is 10.3 Å². The van der Waals surface area contributed by atoms with Crippen LogP contribution in [-0.4, -0.2) is 46.8 Å². The highest BCUT2D eigenvalue weighted by Crippen LogP contribution is 2.32. The first kappa shape index (κ1) is 31.3. The summed E-state index contributed by atoms with van der Waals surface area (Å²) in [6.07, 6.45) is 0.457. The Morgan fingerprint density at radius 1 is 1.02 bits per heavy atom. The molecule has 1 N–H and O–H groups in total. The number of amides is 1. The van der Waals surface area contributed by atoms with E-state index in [9.17, 15) is 17.6 Å². The van der Waals surface area contributed by atoms with Gasteiger partial charge in [-0.25, -0.2) is 27.5 Å². The van der Waals surface area contributed by atoms with Gasteiger partial charge in [0.2, 0.25) is 11.8 Å². The Kier molecular flexibility index (Phi) is 8.64. The maximum atomic E-state index is 15.0. The SMILES string of the molecule is Cc1cccc(C)c1-c1cc2nc(n1)NS(=O)(=O)c1cccc(c1)C(=O)N(Cc1nc(Cl)ccc1F)[C@H](CC(C)(C)C)CO2. The number of nitrogens with one attached hydrogen (secondary N) is 1. The molecule has 0 fully saturated rings. The van der Waals surface area contributed by atoms with Gasteiger partial charge in [0.15, 0.2) is 0 Å². The van der Waals surface area contributed by atoms with Crippen LogP contribution in [0.2, 0.25) is 5.15 Å². The lowest BCUT2D eigenvalue weighted by Gasteiger charge is -2.35. The van der Waals surface area contributed by atoms with Crippen molar-refractivity contribution in [3.05, 3.63) is 94.0 Å². The number of aryl methyl sites for hydroxylation is 2. The lowest BCUT2D eigenvalue weighted by Crippen LogP contribution is -2.45. The fraction of sp³-hybridized carbons (Fsp3) is 0.312. The van der Waals surface area contributed by atoms with E-state index in [-0.39, 0.29) is 51.7 Å². The molecule has 3 heterocycles. The molecular formula is C32H33ClFN5O4S. The van der Waals surface area contributed by atoms with E-state index >= 15 is 0 Å². The predicted octanol–water partition coefficient (Wildman–Crippen LogP) is 6.59. The van der Waals surface area contributed by atoms with Gasteiger partial charge in [0.05, 0.1) is 28.9 Å². The maximum Gasteiger partial charge on any atom is 0.264 e. The number of rotatable bonds is 4. The number of carbonyl (C=O) groups is 1. The summed E-state index contributed by atoms with van der Waals surface area (Å²) >= 11 is 6.09. The average Bonchev–Trinajstić information content (AvgIpc) is 2.94. The molecule has 9 nitrogen and oxygen atoms in total. The minimum Gasteiger partial charge on any atom is -0.475 e. The van der Waals surface area contributed by atoms with E-state index in [4.69, 9.17) is 16.3 Å². The number of carbonyl (C=O) groups excluding carboxylic acids is 1. The summed E-state index contributed by atoms with van der Waals surface area (Å²) in [4.78, 5) is 28.5. The third-order valence-corrected chi connectivity index (χ3v) is 8.77. The zero-order valence-electron chi connectivity index (χ0n) is 25.1. The van der Waals surface area contributed by atoms with Crippen LogP contribution in [-0.2, 0) is 16.6 Å². The number of hydrogen-bond donors (Lipinski definition) is 1. The van der Waals surface area contributed by atoms with Crippen molar-refractivity contribution in [1.82, 2.24) is 19.9 Å². The molecule has 2 aromatic carbocycles. The zero-order valence-corrected chi connectivity index (χ0v) is 26.6. The summed E-state index contributed by atoms with van der Waals surface area (Å²) < 4.78 is 50.7. The van der Waals surface area contributed by atoms with Gasteiger partial charge in [-0.3, -0.25) is 4.79 Å². The van der Waals surface area contributed by atoms with Gasteiger partial charge in [-0.2, -0.15) is 4.98 Å². The monoisotopic (exact) mass is 637 g/mol. The molecule has 0 saturated carbocycles. The van der Waals surface area contributed by atoms with Crippen molar-refractivity contribution < 1.29 is 22.3 Å². The number of benzene rings is 2. The molecule has 1 atom stereocenters. The lowest BCUT2D eigenvalue weighted by molar-refractivity contribution is 0.0506. The van der Waals surface area contributed by atoms with Gasteiger partial charge in [-0.05, 0) is 67.1 Å². The topological polar surface area (TPSA) is 114 Å². The normalized spacial score (nSPS) is 16.7. The standard InChI is InChI=1S/C32H33ClFN5O4S/c1-19-8-6-9-20(2)29(19)25-15-28-37-31(36-25)38-44(41,42)23-11-7-10-21(14-23)30(40)39(22(18-43-28)16-32(3,4)5)17-26-24(34)12-13-27(33)35-26/h6-15,22H,16-18H2,1-5H3,(H,36,37,38)/t22-/m1/s1. The van der Waals surface area contributed by atoms with Crippen molar-refractivity contribution >= 4 is 33.5 Å². The third-order valence-electron chi connectivity index (χ3n) is 7.23. The summed E-state index contributed by atoms with van der Waals surface area (Å²) in [5, 5.41) is 0.0787. The van der Waals surface area contributed by atoms with E-state index in [1.54, 1.807) is 6.07 Å². The molecule has 4 aromatic rings. The molecule has 4 bridgehead atoms. The Bertz CT molecular complexity index is 1820. The molecule has 2 aromatic heterocycles. The molecule has 0 radical (unpaired) electrons. The second-order valence-corrected chi connectivity index (χ2v) is 14.1. The first-order valence-corrected chi connectivity index (χ1v) is 15.9. The summed E-state index contributed by atoms with van der Waals surface area (Å²) in [6, 6.07) is 15.0. The van der Waals surface area contributed by atoms with Gasteiger partial charge in [0.25, 0.3) is 15.9 Å². The van der Waals surface area contributed by atoms with E-state index in [1.165, 1.54) is 41.3 Å². The maximum absolute atomic E-state index is 15.0.